The summed E-state index contributed by atoms with van der Waals surface area (Å²) in [5.41, 5.74) is 0.181. The molecule has 2 nitrogen and oxygen atoms in total. The first-order valence-electron chi connectivity index (χ1n) is 5.04. The first kappa shape index (κ1) is 10.7. The number of carbonyl (C=O) groups excluding carboxylic acids is 1. The largest absolute Gasteiger partial charge is 0.396 e. The van der Waals surface area contributed by atoms with Gasteiger partial charge in [0.15, 0.2) is 0 Å². The van der Waals surface area contributed by atoms with Crippen molar-refractivity contribution in [3.05, 3.63) is 0 Å². The molecule has 1 saturated carbocycles. The van der Waals surface area contributed by atoms with Gasteiger partial charge in [-0.3, -0.25) is 4.79 Å². The van der Waals surface area contributed by atoms with Gasteiger partial charge in [-0.05, 0) is 23.7 Å². The fraction of sp³-hybridized carbons (Fsp3) is 0.909. The zero-order valence-corrected chi connectivity index (χ0v) is 8.89. The Labute approximate surface area is 80.3 Å². The lowest BCUT2D eigenvalue weighted by Gasteiger charge is -2.47. The third-order valence-electron chi connectivity index (χ3n) is 3.89. The predicted octanol–water partition coefficient (Wildman–Crippen LogP) is 2.15. The van der Waals surface area contributed by atoms with E-state index in [0.29, 0.717) is 18.6 Å². The zero-order chi connectivity index (χ0) is 10.1. The molecule has 1 rings (SSSR count). The summed E-state index contributed by atoms with van der Waals surface area (Å²) in [5, 5.41) is 9.00. The quantitative estimate of drug-likeness (QED) is 0.714. The van der Waals surface area contributed by atoms with Crippen LogP contribution in [0, 0.1) is 10.8 Å². The van der Waals surface area contributed by atoms with Crippen LogP contribution in [0.4, 0.5) is 0 Å². The molecular formula is C11H20O2. The molecule has 0 spiro atoms. The maximum absolute atomic E-state index is 11.3. The Morgan fingerprint density at radius 2 is 2.00 bits per heavy atom. The molecule has 13 heavy (non-hydrogen) atoms. The Hall–Kier alpha value is -0.370. The molecule has 0 aromatic carbocycles. The molecule has 0 radical (unpaired) electrons. The van der Waals surface area contributed by atoms with Crippen molar-refractivity contribution in [3.63, 3.8) is 0 Å². The van der Waals surface area contributed by atoms with E-state index in [1.54, 1.807) is 0 Å². The van der Waals surface area contributed by atoms with E-state index in [9.17, 15) is 4.79 Å². The Balaban J connectivity index is 2.79. The van der Waals surface area contributed by atoms with Crippen molar-refractivity contribution >= 4 is 5.78 Å². The lowest BCUT2D eigenvalue weighted by molar-refractivity contribution is -0.129. The highest BCUT2D eigenvalue weighted by atomic mass is 16.3. The van der Waals surface area contributed by atoms with Gasteiger partial charge in [-0.2, -0.15) is 0 Å². The van der Waals surface area contributed by atoms with Gasteiger partial charge in [-0.1, -0.05) is 20.8 Å². The van der Waals surface area contributed by atoms with Crippen LogP contribution >= 0.6 is 0 Å². The van der Waals surface area contributed by atoms with E-state index in [-0.39, 0.29) is 17.4 Å². The highest BCUT2D eigenvalue weighted by Gasteiger charge is 2.44. The Morgan fingerprint density at radius 1 is 1.38 bits per heavy atom. The highest BCUT2D eigenvalue weighted by molar-refractivity contribution is 5.80. The average Bonchev–Trinajstić information content (AvgIpc) is 1.98. The van der Waals surface area contributed by atoms with E-state index in [4.69, 9.17) is 5.11 Å². The standard InChI is InChI=1S/C11H20O2/c1-10(2)8-9(13)4-5-11(10,3)6-7-12/h12H,4-8H2,1-3H3. The molecule has 1 unspecified atom stereocenters. The van der Waals surface area contributed by atoms with Gasteiger partial charge in [0, 0.05) is 19.4 Å². The molecule has 76 valence electrons. The molecule has 0 aromatic heterocycles. The average molecular weight is 184 g/mol. The summed E-state index contributed by atoms with van der Waals surface area (Å²) in [6.45, 7) is 6.70. The van der Waals surface area contributed by atoms with Crippen molar-refractivity contribution in [2.24, 2.45) is 10.8 Å². The number of rotatable bonds is 2. The van der Waals surface area contributed by atoms with Gasteiger partial charge in [-0.25, -0.2) is 0 Å². The monoisotopic (exact) mass is 184 g/mol. The Kier molecular flexibility index (Phi) is 2.81. The number of hydrogen-bond donors (Lipinski definition) is 1. The molecule has 1 aliphatic carbocycles. The molecule has 0 amide bonds. The van der Waals surface area contributed by atoms with Gasteiger partial charge < -0.3 is 5.11 Å². The number of ketones is 1. The summed E-state index contributed by atoms with van der Waals surface area (Å²) < 4.78 is 0. The SMILES string of the molecule is CC1(C)CC(=O)CCC1(C)CCO. The van der Waals surface area contributed by atoms with Crippen LogP contribution in [-0.2, 0) is 4.79 Å². The minimum absolute atomic E-state index is 0.0467. The molecule has 2 heteroatoms. The molecule has 0 heterocycles. The van der Waals surface area contributed by atoms with Gasteiger partial charge in [0.05, 0.1) is 0 Å². The van der Waals surface area contributed by atoms with Crippen LogP contribution in [0.15, 0.2) is 0 Å². The van der Waals surface area contributed by atoms with Crippen molar-refractivity contribution in [1.82, 2.24) is 0 Å². The second-order valence-electron chi connectivity index (χ2n) is 5.13. The summed E-state index contributed by atoms with van der Waals surface area (Å²) in [4.78, 5) is 11.3. The van der Waals surface area contributed by atoms with E-state index >= 15 is 0 Å². The topological polar surface area (TPSA) is 37.3 Å². The fourth-order valence-electron chi connectivity index (χ4n) is 2.26. The second kappa shape index (κ2) is 3.41. The van der Waals surface area contributed by atoms with Crippen LogP contribution in [0.5, 0.6) is 0 Å². The number of hydrogen-bond acceptors (Lipinski definition) is 2. The number of aliphatic hydroxyl groups excluding tert-OH is 1. The predicted molar refractivity (Wildman–Crippen MR) is 52.4 cm³/mol. The van der Waals surface area contributed by atoms with Crippen LogP contribution in [0.25, 0.3) is 0 Å². The first-order valence-corrected chi connectivity index (χ1v) is 5.04. The molecule has 0 aromatic rings. The molecule has 1 aliphatic rings. The summed E-state index contributed by atoms with van der Waals surface area (Å²) in [5.74, 6) is 0.375. The summed E-state index contributed by atoms with van der Waals surface area (Å²) in [6, 6.07) is 0. The third kappa shape index (κ3) is 1.93. The molecule has 1 N–H and O–H groups in total. The van der Waals surface area contributed by atoms with Gasteiger partial charge in [0.2, 0.25) is 0 Å². The number of Topliss-reactive ketones (excluding diaryl/α,β-unsaturated/α-hetero) is 1. The highest BCUT2D eigenvalue weighted by Crippen LogP contribution is 2.50. The van der Waals surface area contributed by atoms with E-state index in [0.717, 1.165) is 12.8 Å². The third-order valence-corrected chi connectivity index (χ3v) is 3.89. The summed E-state index contributed by atoms with van der Waals surface area (Å²) in [7, 11) is 0. The maximum atomic E-state index is 11.3. The summed E-state index contributed by atoms with van der Waals surface area (Å²) in [6.07, 6.45) is 3.11. The number of aliphatic hydroxyl groups is 1. The molecule has 1 atom stereocenters. The minimum Gasteiger partial charge on any atom is -0.396 e. The second-order valence-corrected chi connectivity index (χ2v) is 5.13. The number of carbonyl (C=O) groups is 1. The van der Waals surface area contributed by atoms with Gasteiger partial charge in [0.1, 0.15) is 5.78 Å². The molecule has 0 saturated heterocycles. The molecule has 0 bridgehead atoms. The smallest absolute Gasteiger partial charge is 0.133 e. The van der Waals surface area contributed by atoms with Gasteiger partial charge in [0.25, 0.3) is 0 Å². The van der Waals surface area contributed by atoms with Crippen molar-refractivity contribution < 1.29 is 9.90 Å². The Bertz CT molecular complexity index is 208. The van der Waals surface area contributed by atoms with E-state index < -0.39 is 0 Å². The normalized spacial score (nSPS) is 33.4. The van der Waals surface area contributed by atoms with Crippen LogP contribution in [0.3, 0.4) is 0 Å². The van der Waals surface area contributed by atoms with Gasteiger partial charge in [-0.15, -0.1) is 0 Å². The zero-order valence-electron chi connectivity index (χ0n) is 8.89. The van der Waals surface area contributed by atoms with E-state index in [1.807, 2.05) is 0 Å². The minimum atomic E-state index is 0.0467. The van der Waals surface area contributed by atoms with Crippen molar-refractivity contribution in [2.75, 3.05) is 6.61 Å². The van der Waals surface area contributed by atoms with Crippen molar-refractivity contribution in [2.45, 2.75) is 46.5 Å². The van der Waals surface area contributed by atoms with Crippen molar-refractivity contribution in [3.8, 4) is 0 Å². The lowest BCUT2D eigenvalue weighted by atomic mass is 9.57. The van der Waals surface area contributed by atoms with Crippen LogP contribution in [0.2, 0.25) is 0 Å². The molecular weight excluding hydrogens is 164 g/mol. The summed E-state index contributed by atoms with van der Waals surface area (Å²) >= 11 is 0. The van der Waals surface area contributed by atoms with E-state index in [1.165, 1.54) is 0 Å². The molecule has 1 fully saturated rings. The lowest BCUT2D eigenvalue weighted by Crippen LogP contribution is -2.41. The van der Waals surface area contributed by atoms with Crippen LogP contribution in [0.1, 0.15) is 46.5 Å². The fourth-order valence-corrected chi connectivity index (χ4v) is 2.26. The van der Waals surface area contributed by atoms with Gasteiger partial charge >= 0.3 is 0 Å². The Morgan fingerprint density at radius 3 is 2.46 bits per heavy atom. The molecule has 0 aliphatic heterocycles. The van der Waals surface area contributed by atoms with Crippen LogP contribution < -0.4 is 0 Å². The maximum Gasteiger partial charge on any atom is 0.133 e. The van der Waals surface area contributed by atoms with E-state index in [2.05, 4.69) is 20.8 Å². The van der Waals surface area contributed by atoms with Crippen molar-refractivity contribution in [1.29, 1.82) is 0 Å². The first-order chi connectivity index (χ1) is 5.91. The van der Waals surface area contributed by atoms with Crippen LogP contribution in [-0.4, -0.2) is 17.5 Å².